The van der Waals surface area contributed by atoms with E-state index in [1.807, 2.05) is 31.2 Å². The topological polar surface area (TPSA) is 101 Å². The summed E-state index contributed by atoms with van der Waals surface area (Å²) in [6.07, 6.45) is 1.74. The third kappa shape index (κ3) is 4.13. The third-order valence-corrected chi connectivity index (χ3v) is 6.79. The van der Waals surface area contributed by atoms with Crippen molar-refractivity contribution in [1.29, 1.82) is 0 Å². The van der Waals surface area contributed by atoms with E-state index in [9.17, 15) is 14.7 Å². The number of anilines is 1. The van der Waals surface area contributed by atoms with Gasteiger partial charge in [0.15, 0.2) is 0 Å². The Bertz CT molecular complexity index is 1590. The second-order valence-corrected chi connectivity index (χ2v) is 8.98. The van der Waals surface area contributed by atoms with Crippen LogP contribution in [0.5, 0.6) is 17.2 Å². The predicted octanol–water partition coefficient (Wildman–Crippen LogP) is 5.86. The highest BCUT2D eigenvalue weighted by Gasteiger charge is 2.48. The van der Waals surface area contributed by atoms with Gasteiger partial charge >= 0.3 is 0 Å². The number of aliphatic hydroxyl groups excluding tert-OH is 1. The van der Waals surface area contributed by atoms with Crippen molar-refractivity contribution in [3.05, 3.63) is 88.6 Å². The van der Waals surface area contributed by atoms with Gasteiger partial charge in [0, 0.05) is 40.5 Å². The summed E-state index contributed by atoms with van der Waals surface area (Å²) in [6.45, 7) is 2.30. The molecular weight excluding hydrogens is 508 g/mol. The number of ether oxygens (including phenoxy) is 3. The van der Waals surface area contributed by atoms with Crippen molar-refractivity contribution in [3.8, 4) is 17.2 Å². The number of Topliss-reactive ketones (excluding diaryl/α,β-unsaturated/α-hetero) is 1. The van der Waals surface area contributed by atoms with Crippen LogP contribution in [0, 0.1) is 0 Å². The van der Waals surface area contributed by atoms with Crippen molar-refractivity contribution >= 4 is 45.6 Å². The van der Waals surface area contributed by atoms with E-state index < -0.39 is 23.5 Å². The number of aromatic amines is 1. The third-order valence-electron chi connectivity index (χ3n) is 6.50. The standard InChI is InChI=1S/C29H25ClN2O6/c1-4-38-17-9-7-8-16(12-17)32-26(20-15-31-22-11-6-5-10-18(20)22)25(28(34)29(32)35)27(33)19-13-21(30)24(37-3)14-23(19)36-2/h5-15,26,31,33H,4H2,1-3H3/b27-25+. The fourth-order valence-corrected chi connectivity index (χ4v) is 5.03. The van der Waals surface area contributed by atoms with E-state index >= 15 is 0 Å². The van der Waals surface area contributed by atoms with Crippen molar-refractivity contribution in [1.82, 2.24) is 4.98 Å². The summed E-state index contributed by atoms with van der Waals surface area (Å²) in [6, 6.07) is 16.5. The Balaban J connectivity index is 1.78. The summed E-state index contributed by atoms with van der Waals surface area (Å²) in [5, 5.41) is 12.6. The van der Waals surface area contributed by atoms with E-state index in [1.165, 1.54) is 31.3 Å². The average molecular weight is 533 g/mol. The average Bonchev–Trinajstić information content (AvgIpc) is 3.46. The van der Waals surface area contributed by atoms with Crippen LogP contribution in [-0.4, -0.2) is 42.6 Å². The van der Waals surface area contributed by atoms with Crippen LogP contribution in [0.1, 0.15) is 24.1 Å². The van der Waals surface area contributed by atoms with Gasteiger partial charge in [-0.05, 0) is 31.2 Å². The number of nitrogens with zero attached hydrogens (tertiary/aromatic N) is 1. The molecule has 38 heavy (non-hydrogen) atoms. The van der Waals surface area contributed by atoms with Crippen molar-refractivity contribution in [2.24, 2.45) is 0 Å². The Labute approximate surface area is 224 Å². The smallest absolute Gasteiger partial charge is 0.300 e. The minimum absolute atomic E-state index is 0.0962. The number of benzene rings is 3. The quantitative estimate of drug-likeness (QED) is 0.175. The highest BCUT2D eigenvalue weighted by Crippen LogP contribution is 2.46. The lowest BCUT2D eigenvalue weighted by atomic mass is 9.94. The second kappa shape index (κ2) is 10.1. The fraction of sp³-hybridized carbons (Fsp3) is 0.172. The Morgan fingerprint density at radius 3 is 2.53 bits per heavy atom. The summed E-state index contributed by atoms with van der Waals surface area (Å²) >= 11 is 6.36. The number of aromatic nitrogens is 1. The van der Waals surface area contributed by atoms with Gasteiger partial charge < -0.3 is 24.3 Å². The van der Waals surface area contributed by atoms with Crippen LogP contribution in [0.25, 0.3) is 16.7 Å². The Morgan fingerprint density at radius 2 is 1.79 bits per heavy atom. The molecular formula is C29H25ClN2O6. The van der Waals surface area contributed by atoms with Crippen LogP contribution >= 0.6 is 11.6 Å². The van der Waals surface area contributed by atoms with Crippen LogP contribution in [-0.2, 0) is 9.59 Å². The van der Waals surface area contributed by atoms with Crippen molar-refractivity contribution in [3.63, 3.8) is 0 Å². The lowest BCUT2D eigenvalue weighted by molar-refractivity contribution is -0.132. The molecule has 3 aromatic carbocycles. The minimum atomic E-state index is -0.950. The van der Waals surface area contributed by atoms with Crippen molar-refractivity contribution in [2.75, 3.05) is 25.7 Å². The number of H-pyrrole nitrogens is 1. The molecule has 1 atom stereocenters. The Hall–Kier alpha value is -4.43. The maximum Gasteiger partial charge on any atom is 0.300 e. The van der Waals surface area contributed by atoms with Gasteiger partial charge in [0.1, 0.15) is 23.0 Å². The summed E-state index contributed by atoms with van der Waals surface area (Å²) in [4.78, 5) is 31.8. The van der Waals surface area contributed by atoms with Crippen LogP contribution in [0.3, 0.4) is 0 Å². The molecule has 5 rings (SSSR count). The van der Waals surface area contributed by atoms with Gasteiger partial charge in [0.25, 0.3) is 11.7 Å². The molecule has 1 aliphatic heterocycles. The van der Waals surface area contributed by atoms with E-state index in [4.69, 9.17) is 25.8 Å². The first kappa shape index (κ1) is 25.2. The van der Waals surface area contributed by atoms with Crippen molar-refractivity contribution in [2.45, 2.75) is 13.0 Å². The fourth-order valence-electron chi connectivity index (χ4n) is 4.79. The second-order valence-electron chi connectivity index (χ2n) is 8.58. The number of halogens is 1. The van der Waals surface area contributed by atoms with Gasteiger partial charge in [-0.1, -0.05) is 35.9 Å². The van der Waals surface area contributed by atoms with Crippen LogP contribution < -0.4 is 19.1 Å². The van der Waals surface area contributed by atoms with Crippen molar-refractivity contribution < 1.29 is 28.9 Å². The maximum atomic E-state index is 13.6. The number of rotatable bonds is 7. The number of methoxy groups -OCH3 is 2. The molecule has 1 aliphatic rings. The van der Waals surface area contributed by atoms with Gasteiger partial charge in [-0.2, -0.15) is 0 Å². The number of hydrogen-bond acceptors (Lipinski definition) is 6. The molecule has 8 nitrogen and oxygen atoms in total. The zero-order chi connectivity index (χ0) is 27.0. The number of nitrogens with one attached hydrogen (secondary N) is 1. The lowest BCUT2D eigenvalue weighted by Gasteiger charge is -2.25. The van der Waals surface area contributed by atoms with E-state index in [-0.39, 0.29) is 21.9 Å². The molecule has 0 spiro atoms. The molecule has 1 amide bonds. The predicted molar refractivity (Wildman–Crippen MR) is 145 cm³/mol. The van der Waals surface area contributed by atoms with Gasteiger partial charge in [-0.25, -0.2) is 0 Å². The largest absolute Gasteiger partial charge is 0.507 e. The molecule has 4 aromatic rings. The SMILES string of the molecule is CCOc1cccc(N2C(=O)C(=O)/C(=C(/O)c3cc(Cl)c(OC)cc3OC)C2c2c[nH]c3ccccc23)c1. The van der Waals surface area contributed by atoms with E-state index in [2.05, 4.69) is 4.98 Å². The molecule has 1 unspecified atom stereocenters. The normalized spacial score (nSPS) is 16.7. The minimum Gasteiger partial charge on any atom is -0.507 e. The molecule has 0 aliphatic carbocycles. The first-order valence-corrected chi connectivity index (χ1v) is 12.3. The number of carbonyl (C=O) groups is 2. The highest BCUT2D eigenvalue weighted by molar-refractivity contribution is 6.52. The molecule has 9 heteroatoms. The summed E-state index contributed by atoms with van der Waals surface area (Å²) in [7, 11) is 2.88. The number of ketones is 1. The molecule has 1 fully saturated rings. The maximum absolute atomic E-state index is 13.6. The van der Waals surface area contributed by atoms with Gasteiger partial charge in [-0.3, -0.25) is 14.5 Å². The number of para-hydroxylation sites is 1. The molecule has 1 saturated heterocycles. The zero-order valence-corrected chi connectivity index (χ0v) is 21.7. The summed E-state index contributed by atoms with van der Waals surface area (Å²) in [5.74, 6) is -0.924. The molecule has 1 aromatic heterocycles. The van der Waals surface area contributed by atoms with E-state index in [0.717, 1.165) is 10.9 Å². The summed E-state index contributed by atoms with van der Waals surface area (Å²) < 4.78 is 16.4. The molecule has 2 heterocycles. The number of aliphatic hydroxyl groups is 1. The van der Waals surface area contributed by atoms with E-state index in [1.54, 1.807) is 30.5 Å². The first-order valence-electron chi connectivity index (χ1n) is 11.9. The van der Waals surface area contributed by atoms with Crippen LogP contribution in [0.2, 0.25) is 5.02 Å². The van der Waals surface area contributed by atoms with Gasteiger partial charge in [0.05, 0.1) is 43.0 Å². The first-order chi connectivity index (χ1) is 18.4. The molecule has 2 N–H and O–H groups in total. The van der Waals surface area contributed by atoms with Gasteiger partial charge in [0.2, 0.25) is 0 Å². The number of hydrogen-bond donors (Lipinski definition) is 2. The number of fused-ring (bicyclic) bond motifs is 1. The Kier molecular flexibility index (Phi) is 6.73. The summed E-state index contributed by atoms with van der Waals surface area (Å²) in [5.41, 5.74) is 1.97. The van der Waals surface area contributed by atoms with Crippen LogP contribution in [0.4, 0.5) is 5.69 Å². The highest BCUT2D eigenvalue weighted by atomic mass is 35.5. The van der Waals surface area contributed by atoms with Crippen LogP contribution in [0.15, 0.2) is 72.4 Å². The monoisotopic (exact) mass is 532 g/mol. The van der Waals surface area contributed by atoms with Gasteiger partial charge in [-0.15, -0.1) is 0 Å². The molecule has 194 valence electrons. The number of amides is 1. The zero-order valence-electron chi connectivity index (χ0n) is 20.9. The number of carbonyl (C=O) groups excluding carboxylic acids is 2. The lowest BCUT2D eigenvalue weighted by Crippen LogP contribution is -2.29. The molecule has 0 bridgehead atoms. The Morgan fingerprint density at radius 1 is 1.03 bits per heavy atom. The molecule has 0 radical (unpaired) electrons. The van der Waals surface area contributed by atoms with E-state index in [0.29, 0.717) is 29.4 Å². The molecule has 0 saturated carbocycles.